The first-order chi connectivity index (χ1) is 7.78. The van der Waals surface area contributed by atoms with Gasteiger partial charge in [0.05, 0.1) is 13.7 Å². The van der Waals surface area contributed by atoms with Crippen LogP contribution in [0.15, 0.2) is 24.3 Å². The average Bonchev–Trinajstić information content (AvgIpc) is 2.30. The van der Waals surface area contributed by atoms with Gasteiger partial charge in [-0.2, -0.15) is 0 Å². The first-order valence-electron chi connectivity index (χ1n) is 5.40. The van der Waals surface area contributed by atoms with Gasteiger partial charge in [-0.15, -0.1) is 0 Å². The van der Waals surface area contributed by atoms with Gasteiger partial charge in [0.1, 0.15) is 5.75 Å². The molecule has 1 heterocycles. The highest BCUT2D eigenvalue weighted by Crippen LogP contribution is 2.13. The summed E-state index contributed by atoms with van der Waals surface area (Å²) in [5, 5.41) is 2.82. The molecule has 0 unspecified atom stereocenters. The molecule has 0 spiro atoms. The van der Waals surface area contributed by atoms with E-state index in [2.05, 4.69) is 10.2 Å². The summed E-state index contributed by atoms with van der Waals surface area (Å²) in [6.07, 6.45) is 0. The second-order valence-corrected chi connectivity index (χ2v) is 3.91. The van der Waals surface area contributed by atoms with Crippen molar-refractivity contribution in [2.45, 2.75) is 6.54 Å². The van der Waals surface area contributed by atoms with Gasteiger partial charge in [-0.05, 0) is 17.7 Å². The minimum atomic E-state index is 0.111. The number of hydrogen-bond acceptors (Lipinski definition) is 3. The summed E-state index contributed by atoms with van der Waals surface area (Å²) < 4.78 is 5.10. The zero-order valence-electron chi connectivity index (χ0n) is 9.40. The molecule has 0 aliphatic carbocycles. The monoisotopic (exact) mass is 220 g/mol. The van der Waals surface area contributed by atoms with Gasteiger partial charge in [-0.1, -0.05) is 12.1 Å². The lowest BCUT2D eigenvalue weighted by atomic mass is 10.2. The molecule has 0 saturated carbocycles. The number of rotatable bonds is 3. The summed E-state index contributed by atoms with van der Waals surface area (Å²) in [7, 11) is 1.66. The Morgan fingerprint density at radius 1 is 1.38 bits per heavy atom. The van der Waals surface area contributed by atoms with Gasteiger partial charge in [0.15, 0.2) is 0 Å². The number of methoxy groups -OCH3 is 1. The van der Waals surface area contributed by atoms with E-state index in [-0.39, 0.29) is 5.91 Å². The lowest BCUT2D eigenvalue weighted by Gasteiger charge is -2.26. The average molecular weight is 220 g/mol. The maximum absolute atomic E-state index is 11.2. The molecule has 16 heavy (non-hydrogen) atoms. The summed E-state index contributed by atoms with van der Waals surface area (Å²) in [5.41, 5.74) is 1.20. The van der Waals surface area contributed by atoms with E-state index in [0.717, 1.165) is 25.4 Å². The van der Waals surface area contributed by atoms with Gasteiger partial charge in [-0.25, -0.2) is 0 Å². The summed E-state index contributed by atoms with van der Waals surface area (Å²) in [6, 6.07) is 7.95. The fourth-order valence-electron chi connectivity index (χ4n) is 1.82. The SMILES string of the molecule is COc1ccc(CN2CCNC(=O)C2)cc1. The predicted octanol–water partition coefficient (Wildman–Crippen LogP) is 0.627. The lowest BCUT2D eigenvalue weighted by molar-refractivity contribution is -0.124. The van der Waals surface area contributed by atoms with Crippen LogP contribution in [0.4, 0.5) is 0 Å². The molecule has 4 nitrogen and oxygen atoms in total. The highest BCUT2D eigenvalue weighted by Gasteiger charge is 2.15. The van der Waals surface area contributed by atoms with E-state index in [1.807, 2.05) is 24.3 Å². The first-order valence-corrected chi connectivity index (χ1v) is 5.40. The third-order valence-corrected chi connectivity index (χ3v) is 2.68. The van der Waals surface area contributed by atoms with Crippen LogP contribution in [0, 0.1) is 0 Å². The number of nitrogens with zero attached hydrogens (tertiary/aromatic N) is 1. The van der Waals surface area contributed by atoms with Gasteiger partial charge in [0, 0.05) is 19.6 Å². The second kappa shape index (κ2) is 4.99. The molecular weight excluding hydrogens is 204 g/mol. The molecule has 1 aromatic carbocycles. The second-order valence-electron chi connectivity index (χ2n) is 3.91. The fourth-order valence-corrected chi connectivity index (χ4v) is 1.82. The molecule has 1 saturated heterocycles. The molecule has 1 aliphatic rings. The standard InChI is InChI=1S/C12H16N2O2/c1-16-11-4-2-10(3-5-11)8-14-7-6-13-12(15)9-14/h2-5H,6-9H2,1H3,(H,13,15). The van der Waals surface area contributed by atoms with Crippen molar-refractivity contribution in [1.82, 2.24) is 10.2 Å². The number of amides is 1. The zero-order chi connectivity index (χ0) is 11.4. The van der Waals surface area contributed by atoms with E-state index in [0.29, 0.717) is 6.54 Å². The highest BCUT2D eigenvalue weighted by molar-refractivity contribution is 5.78. The Hall–Kier alpha value is -1.55. The van der Waals surface area contributed by atoms with Crippen molar-refractivity contribution in [1.29, 1.82) is 0 Å². The van der Waals surface area contributed by atoms with Crippen molar-refractivity contribution in [3.05, 3.63) is 29.8 Å². The number of nitrogens with one attached hydrogen (secondary N) is 1. The summed E-state index contributed by atoms with van der Waals surface area (Å²) >= 11 is 0. The quantitative estimate of drug-likeness (QED) is 0.812. The molecule has 0 bridgehead atoms. The number of carbonyl (C=O) groups excluding carboxylic acids is 1. The van der Waals surface area contributed by atoms with Gasteiger partial charge in [-0.3, -0.25) is 9.69 Å². The minimum absolute atomic E-state index is 0.111. The van der Waals surface area contributed by atoms with E-state index in [1.54, 1.807) is 7.11 Å². The van der Waals surface area contributed by atoms with Crippen molar-refractivity contribution in [3.63, 3.8) is 0 Å². The Bertz CT molecular complexity index is 362. The van der Waals surface area contributed by atoms with Gasteiger partial charge in [0.25, 0.3) is 0 Å². The van der Waals surface area contributed by atoms with E-state index >= 15 is 0 Å². The van der Waals surface area contributed by atoms with E-state index in [1.165, 1.54) is 5.56 Å². The number of ether oxygens (including phenoxy) is 1. The van der Waals surface area contributed by atoms with Gasteiger partial charge in [0.2, 0.25) is 5.91 Å². The molecule has 0 aromatic heterocycles. The zero-order valence-corrected chi connectivity index (χ0v) is 9.40. The van der Waals surface area contributed by atoms with Gasteiger partial charge < -0.3 is 10.1 Å². The van der Waals surface area contributed by atoms with Crippen LogP contribution >= 0.6 is 0 Å². The molecule has 0 radical (unpaired) electrons. The predicted molar refractivity (Wildman–Crippen MR) is 61.3 cm³/mol. The molecule has 1 fully saturated rings. The van der Waals surface area contributed by atoms with E-state index in [4.69, 9.17) is 4.74 Å². The summed E-state index contributed by atoms with van der Waals surface area (Å²) in [4.78, 5) is 13.3. The van der Waals surface area contributed by atoms with Crippen molar-refractivity contribution < 1.29 is 9.53 Å². The Balaban J connectivity index is 1.94. The number of benzene rings is 1. The van der Waals surface area contributed by atoms with E-state index in [9.17, 15) is 4.79 Å². The van der Waals surface area contributed by atoms with Crippen LogP contribution in [-0.4, -0.2) is 37.6 Å². The largest absolute Gasteiger partial charge is 0.497 e. The molecule has 4 heteroatoms. The topological polar surface area (TPSA) is 41.6 Å². The van der Waals surface area contributed by atoms with E-state index < -0.39 is 0 Å². The molecule has 0 atom stereocenters. The summed E-state index contributed by atoms with van der Waals surface area (Å²) in [6.45, 7) is 2.97. The van der Waals surface area contributed by atoms with Crippen LogP contribution < -0.4 is 10.1 Å². The maximum atomic E-state index is 11.2. The van der Waals surface area contributed by atoms with Crippen LogP contribution in [0.3, 0.4) is 0 Å². The Kier molecular flexibility index (Phi) is 3.41. The number of carbonyl (C=O) groups is 1. The van der Waals surface area contributed by atoms with Crippen LogP contribution in [0.25, 0.3) is 0 Å². The Morgan fingerprint density at radius 3 is 2.75 bits per heavy atom. The van der Waals surface area contributed by atoms with Crippen LogP contribution in [0.2, 0.25) is 0 Å². The molecule has 1 amide bonds. The van der Waals surface area contributed by atoms with Gasteiger partial charge >= 0.3 is 0 Å². The fraction of sp³-hybridized carbons (Fsp3) is 0.417. The third kappa shape index (κ3) is 2.73. The van der Waals surface area contributed by atoms with Crippen molar-refractivity contribution in [3.8, 4) is 5.75 Å². The third-order valence-electron chi connectivity index (χ3n) is 2.68. The Labute approximate surface area is 95.2 Å². The summed E-state index contributed by atoms with van der Waals surface area (Å²) in [5.74, 6) is 0.972. The molecule has 86 valence electrons. The maximum Gasteiger partial charge on any atom is 0.234 e. The first kappa shape index (κ1) is 11.0. The molecule has 1 aromatic rings. The number of hydrogen-bond donors (Lipinski definition) is 1. The van der Waals surface area contributed by atoms with Crippen molar-refractivity contribution >= 4 is 5.91 Å². The van der Waals surface area contributed by atoms with Crippen LogP contribution in [0.1, 0.15) is 5.56 Å². The molecule has 2 rings (SSSR count). The molecule has 1 N–H and O–H groups in total. The van der Waals surface area contributed by atoms with Crippen LogP contribution in [-0.2, 0) is 11.3 Å². The smallest absolute Gasteiger partial charge is 0.234 e. The molecular formula is C12H16N2O2. The minimum Gasteiger partial charge on any atom is -0.497 e. The highest BCUT2D eigenvalue weighted by atomic mass is 16.5. The lowest BCUT2D eigenvalue weighted by Crippen LogP contribution is -2.47. The Morgan fingerprint density at radius 2 is 2.12 bits per heavy atom. The van der Waals surface area contributed by atoms with Crippen LogP contribution in [0.5, 0.6) is 5.75 Å². The normalized spacial score (nSPS) is 16.9. The number of piperazine rings is 1. The molecule has 1 aliphatic heterocycles. The van der Waals surface area contributed by atoms with Crippen molar-refractivity contribution in [2.75, 3.05) is 26.7 Å². The van der Waals surface area contributed by atoms with Crippen molar-refractivity contribution in [2.24, 2.45) is 0 Å².